The standard InChI is InChI=1S/C13H25O8PS/c1-5-16-22(23,17-6-2)21-10-9(8(15)7-14)18-12-11(10)19-13(3,4)20-12/h8-12,14-15H,5-7H2,1-4H3/t8-,9-,10+,11-,12-/m1/s1. The third kappa shape index (κ3) is 4.49. The van der Waals surface area contributed by atoms with Crippen molar-refractivity contribution in [1.29, 1.82) is 0 Å². The predicted molar refractivity (Wildman–Crippen MR) is 84.2 cm³/mol. The van der Waals surface area contributed by atoms with Crippen molar-refractivity contribution in [2.75, 3.05) is 19.8 Å². The summed E-state index contributed by atoms with van der Waals surface area (Å²) >= 11 is 5.38. The molecule has 2 rings (SSSR count). The first kappa shape index (κ1) is 19.7. The highest BCUT2D eigenvalue weighted by Gasteiger charge is 2.58. The van der Waals surface area contributed by atoms with E-state index < -0.39 is 49.8 Å². The zero-order valence-corrected chi connectivity index (χ0v) is 15.4. The Morgan fingerprint density at radius 3 is 2.35 bits per heavy atom. The molecule has 2 aliphatic rings. The van der Waals surface area contributed by atoms with Crippen LogP contribution in [0.4, 0.5) is 0 Å². The van der Waals surface area contributed by atoms with Crippen LogP contribution >= 0.6 is 6.72 Å². The molecule has 2 heterocycles. The minimum Gasteiger partial charge on any atom is -0.394 e. The van der Waals surface area contributed by atoms with Crippen LogP contribution in [-0.4, -0.2) is 66.5 Å². The van der Waals surface area contributed by atoms with Crippen molar-refractivity contribution in [2.45, 2.75) is 64.2 Å². The normalized spacial score (nSPS) is 34.5. The molecular weight excluding hydrogens is 347 g/mol. The first-order valence-electron chi connectivity index (χ1n) is 7.62. The molecule has 23 heavy (non-hydrogen) atoms. The highest BCUT2D eigenvalue weighted by molar-refractivity contribution is 8.07. The maximum Gasteiger partial charge on any atom is 0.327 e. The summed E-state index contributed by atoms with van der Waals surface area (Å²) in [6.07, 6.45) is -4.10. The second-order valence-corrected chi connectivity index (χ2v) is 8.64. The molecule has 0 bridgehead atoms. The third-order valence-corrected chi connectivity index (χ3v) is 5.96. The molecule has 0 aromatic heterocycles. The molecule has 0 saturated carbocycles. The molecule has 136 valence electrons. The maximum absolute atomic E-state index is 10.0. The van der Waals surface area contributed by atoms with Crippen LogP contribution in [0.25, 0.3) is 0 Å². The van der Waals surface area contributed by atoms with Gasteiger partial charge in [-0.15, -0.1) is 0 Å². The minimum atomic E-state index is -3.02. The lowest BCUT2D eigenvalue weighted by molar-refractivity contribution is -0.226. The summed E-state index contributed by atoms with van der Waals surface area (Å²) in [4.78, 5) is 0. The Bertz CT molecular complexity index is 438. The molecule has 0 aliphatic carbocycles. The van der Waals surface area contributed by atoms with Crippen LogP contribution in [0.15, 0.2) is 0 Å². The Kier molecular flexibility index (Phi) is 6.58. The van der Waals surface area contributed by atoms with Gasteiger partial charge in [-0.25, -0.2) is 0 Å². The molecule has 2 saturated heterocycles. The summed E-state index contributed by atoms with van der Waals surface area (Å²) in [6, 6.07) is 0. The summed E-state index contributed by atoms with van der Waals surface area (Å²) in [6.45, 7) is 4.23. The lowest BCUT2D eigenvalue weighted by atomic mass is 10.1. The van der Waals surface area contributed by atoms with Gasteiger partial charge in [0.15, 0.2) is 12.1 Å². The summed E-state index contributed by atoms with van der Waals surface area (Å²) in [5.74, 6) is -0.841. The lowest BCUT2D eigenvalue weighted by Gasteiger charge is -2.31. The van der Waals surface area contributed by atoms with E-state index in [1.165, 1.54) is 0 Å². The zero-order chi connectivity index (χ0) is 17.3. The molecule has 8 nitrogen and oxygen atoms in total. The number of aliphatic hydroxyl groups excluding tert-OH is 2. The fourth-order valence-electron chi connectivity index (χ4n) is 2.60. The van der Waals surface area contributed by atoms with Crippen LogP contribution in [0, 0.1) is 0 Å². The fraction of sp³-hybridized carbons (Fsp3) is 1.00. The summed E-state index contributed by atoms with van der Waals surface area (Å²) in [7, 11) is 0. The first-order chi connectivity index (χ1) is 10.7. The van der Waals surface area contributed by atoms with Crippen molar-refractivity contribution in [2.24, 2.45) is 0 Å². The molecule has 0 aromatic carbocycles. The van der Waals surface area contributed by atoms with E-state index in [-0.39, 0.29) is 0 Å². The van der Waals surface area contributed by atoms with Gasteiger partial charge in [-0.05, 0) is 39.5 Å². The molecule has 0 radical (unpaired) electrons. The van der Waals surface area contributed by atoms with Crippen molar-refractivity contribution in [1.82, 2.24) is 0 Å². The minimum absolute atomic E-state index is 0.328. The molecule has 2 fully saturated rings. The number of aliphatic hydroxyl groups is 2. The molecule has 0 amide bonds. The number of hydrogen-bond donors (Lipinski definition) is 2. The average Bonchev–Trinajstić information content (AvgIpc) is 2.92. The number of rotatable bonds is 8. The molecule has 10 heteroatoms. The number of hydrogen-bond acceptors (Lipinski definition) is 9. The van der Waals surface area contributed by atoms with Gasteiger partial charge >= 0.3 is 6.72 Å². The van der Waals surface area contributed by atoms with Crippen molar-refractivity contribution >= 4 is 18.5 Å². The van der Waals surface area contributed by atoms with Gasteiger partial charge in [0, 0.05) is 0 Å². The fourth-order valence-corrected chi connectivity index (χ4v) is 4.90. The zero-order valence-electron chi connectivity index (χ0n) is 13.7. The monoisotopic (exact) mass is 372 g/mol. The third-order valence-electron chi connectivity index (χ3n) is 3.42. The van der Waals surface area contributed by atoms with Crippen molar-refractivity contribution in [3.63, 3.8) is 0 Å². The van der Waals surface area contributed by atoms with E-state index in [2.05, 4.69) is 0 Å². The Hall–Kier alpha value is 0.330. The summed E-state index contributed by atoms with van der Waals surface area (Å²) in [5, 5.41) is 19.2. The number of fused-ring (bicyclic) bond motifs is 1. The molecule has 5 atom stereocenters. The quantitative estimate of drug-likeness (QED) is 0.603. The average molecular weight is 372 g/mol. The summed E-state index contributed by atoms with van der Waals surface area (Å²) in [5.41, 5.74) is 0. The van der Waals surface area contributed by atoms with Gasteiger partial charge in [-0.1, -0.05) is 0 Å². The topological polar surface area (TPSA) is 95.8 Å². The summed E-state index contributed by atoms with van der Waals surface area (Å²) < 4.78 is 34.0. The van der Waals surface area contributed by atoms with Crippen LogP contribution in [0.3, 0.4) is 0 Å². The SMILES string of the molecule is CCOP(=S)(OCC)O[C@@H]1[C@H]2OC(C)(C)O[C@H]2O[C@@H]1[C@H](O)CO. The predicted octanol–water partition coefficient (Wildman–Crippen LogP) is 0.899. The largest absolute Gasteiger partial charge is 0.394 e. The van der Waals surface area contributed by atoms with Crippen LogP contribution < -0.4 is 0 Å². The molecule has 0 spiro atoms. The highest BCUT2D eigenvalue weighted by atomic mass is 32.5. The molecule has 0 unspecified atom stereocenters. The Labute approximate surface area is 141 Å². The molecular formula is C13H25O8PS. The van der Waals surface area contributed by atoms with Gasteiger partial charge in [0.2, 0.25) is 0 Å². The van der Waals surface area contributed by atoms with Crippen molar-refractivity contribution < 1.29 is 38.0 Å². The van der Waals surface area contributed by atoms with Crippen LogP contribution in [0.1, 0.15) is 27.7 Å². The molecule has 2 N–H and O–H groups in total. The Morgan fingerprint density at radius 2 is 1.83 bits per heavy atom. The van der Waals surface area contributed by atoms with E-state index in [0.29, 0.717) is 13.2 Å². The first-order valence-corrected chi connectivity index (χ1v) is 10.2. The van der Waals surface area contributed by atoms with E-state index in [1.807, 2.05) is 0 Å². The molecule has 0 aromatic rings. The van der Waals surface area contributed by atoms with Crippen LogP contribution in [-0.2, 0) is 39.6 Å². The van der Waals surface area contributed by atoms with Crippen LogP contribution in [0.5, 0.6) is 0 Å². The van der Waals surface area contributed by atoms with Gasteiger partial charge in [-0.2, -0.15) is 0 Å². The number of ether oxygens (including phenoxy) is 3. The second-order valence-electron chi connectivity index (χ2n) is 5.67. The van der Waals surface area contributed by atoms with E-state index in [9.17, 15) is 10.2 Å². The van der Waals surface area contributed by atoms with Crippen molar-refractivity contribution in [3.05, 3.63) is 0 Å². The maximum atomic E-state index is 10.0. The molecule has 2 aliphatic heterocycles. The Morgan fingerprint density at radius 1 is 1.22 bits per heavy atom. The van der Waals surface area contributed by atoms with Gasteiger partial charge in [0.05, 0.1) is 19.8 Å². The lowest BCUT2D eigenvalue weighted by Crippen LogP contribution is -2.43. The van der Waals surface area contributed by atoms with E-state index >= 15 is 0 Å². The van der Waals surface area contributed by atoms with Crippen LogP contribution in [0.2, 0.25) is 0 Å². The van der Waals surface area contributed by atoms with Gasteiger partial charge in [0.25, 0.3) is 0 Å². The van der Waals surface area contributed by atoms with E-state index in [4.69, 9.17) is 39.6 Å². The van der Waals surface area contributed by atoms with Gasteiger partial charge < -0.3 is 33.5 Å². The second kappa shape index (κ2) is 7.70. The van der Waals surface area contributed by atoms with Gasteiger partial charge in [0.1, 0.15) is 24.4 Å². The van der Waals surface area contributed by atoms with Gasteiger partial charge in [-0.3, -0.25) is 4.52 Å². The smallest absolute Gasteiger partial charge is 0.327 e. The highest BCUT2D eigenvalue weighted by Crippen LogP contribution is 2.54. The Balaban J connectivity index is 2.20. The van der Waals surface area contributed by atoms with Crippen molar-refractivity contribution in [3.8, 4) is 0 Å². The van der Waals surface area contributed by atoms with E-state index in [0.717, 1.165) is 0 Å². The van der Waals surface area contributed by atoms with E-state index in [1.54, 1.807) is 27.7 Å².